The predicted molar refractivity (Wildman–Crippen MR) is 71.4 cm³/mol. The number of hydrogen-bond donors (Lipinski definition) is 1. The summed E-state index contributed by atoms with van der Waals surface area (Å²) in [4.78, 5) is 15.8. The summed E-state index contributed by atoms with van der Waals surface area (Å²) in [6.07, 6.45) is 0. The minimum absolute atomic E-state index is 0.356. The van der Waals surface area contributed by atoms with Gasteiger partial charge in [-0.25, -0.2) is 9.78 Å². The third-order valence-electron chi connectivity index (χ3n) is 2.40. The molecule has 2 N–H and O–H groups in total. The Labute approximate surface area is 109 Å². The maximum Gasteiger partial charge on any atom is 0.357 e. The maximum absolute atomic E-state index is 11.5. The molecule has 0 radical (unpaired) electrons. The largest absolute Gasteiger partial charge is 0.461 e. The van der Waals surface area contributed by atoms with Gasteiger partial charge >= 0.3 is 5.97 Å². The average molecular weight is 262 g/mol. The molecule has 1 aromatic heterocycles. The fourth-order valence-electron chi connectivity index (χ4n) is 1.54. The van der Waals surface area contributed by atoms with Crippen LogP contribution in [0.15, 0.2) is 29.6 Å². The van der Waals surface area contributed by atoms with E-state index >= 15 is 0 Å². The van der Waals surface area contributed by atoms with E-state index in [0.29, 0.717) is 18.8 Å². The summed E-state index contributed by atoms with van der Waals surface area (Å²) in [6, 6.07) is 7.83. The van der Waals surface area contributed by atoms with Crippen LogP contribution in [0, 0.1) is 0 Å². The van der Waals surface area contributed by atoms with Gasteiger partial charge < -0.3 is 10.5 Å². The summed E-state index contributed by atoms with van der Waals surface area (Å²) in [7, 11) is 0. The van der Waals surface area contributed by atoms with Crippen LogP contribution >= 0.6 is 11.3 Å². The predicted octanol–water partition coefficient (Wildman–Crippen LogP) is 2.45. The normalized spacial score (nSPS) is 10.3. The number of thiazole rings is 1. The SMILES string of the molecule is CCOC(=O)c1csc(-c2cccc(CN)c2)n1. The third-order valence-corrected chi connectivity index (χ3v) is 3.29. The molecule has 94 valence electrons. The number of rotatable bonds is 4. The molecule has 0 spiro atoms. The Kier molecular flexibility index (Phi) is 4.07. The number of nitrogens with zero attached hydrogens (tertiary/aromatic N) is 1. The summed E-state index contributed by atoms with van der Waals surface area (Å²) < 4.78 is 4.91. The second-order valence-corrected chi connectivity index (χ2v) is 4.52. The number of benzene rings is 1. The molecule has 0 saturated carbocycles. The molecule has 0 unspecified atom stereocenters. The molecular formula is C13H14N2O2S. The Morgan fingerprint density at radius 1 is 1.50 bits per heavy atom. The van der Waals surface area contributed by atoms with Crippen LogP contribution in [0.1, 0.15) is 23.0 Å². The van der Waals surface area contributed by atoms with Gasteiger partial charge in [-0.15, -0.1) is 11.3 Å². The first kappa shape index (κ1) is 12.7. The number of aromatic nitrogens is 1. The fourth-order valence-corrected chi connectivity index (χ4v) is 2.32. The lowest BCUT2D eigenvalue weighted by molar-refractivity contribution is 0.0520. The van der Waals surface area contributed by atoms with Crippen LogP contribution < -0.4 is 5.73 Å². The number of carbonyl (C=O) groups is 1. The van der Waals surface area contributed by atoms with Crippen LogP contribution in [0.4, 0.5) is 0 Å². The molecule has 0 aliphatic carbocycles. The van der Waals surface area contributed by atoms with E-state index in [2.05, 4.69) is 4.98 Å². The van der Waals surface area contributed by atoms with Crippen molar-refractivity contribution in [2.24, 2.45) is 5.73 Å². The Balaban J connectivity index is 2.26. The van der Waals surface area contributed by atoms with Crippen LogP contribution in [0.3, 0.4) is 0 Å². The molecule has 0 atom stereocenters. The zero-order valence-corrected chi connectivity index (χ0v) is 10.9. The van der Waals surface area contributed by atoms with Gasteiger partial charge in [0.1, 0.15) is 5.01 Å². The zero-order chi connectivity index (χ0) is 13.0. The highest BCUT2D eigenvalue weighted by Crippen LogP contribution is 2.24. The van der Waals surface area contributed by atoms with Crippen molar-refractivity contribution in [2.45, 2.75) is 13.5 Å². The Morgan fingerprint density at radius 2 is 2.33 bits per heavy atom. The van der Waals surface area contributed by atoms with E-state index in [9.17, 15) is 4.79 Å². The highest BCUT2D eigenvalue weighted by atomic mass is 32.1. The van der Waals surface area contributed by atoms with Crippen molar-refractivity contribution >= 4 is 17.3 Å². The molecule has 1 aromatic carbocycles. The first-order valence-electron chi connectivity index (χ1n) is 5.66. The molecule has 1 heterocycles. The second-order valence-electron chi connectivity index (χ2n) is 3.66. The summed E-state index contributed by atoms with van der Waals surface area (Å²) in [5.74, 6) is -0.380. The monoisotopic (exact) mass is 262 g/mol. The van der Waals surface area contributed by atoms with Gasteiger partial charge in [0.05, 0.1) is 6.61 Å². The zero-order valence-electron chi connectivity index (χ0n) is 10.1. The lowest BCUT2D eigenvalue weighted by Crippen LogP contribution is -2.04. The van der Waals surface area contributed by atoms with Gasteiger partial charge in [-0.1, -0.05) is 18.2 Å². The van der Waals surface area contributed by atoms with Crippen molar-refractivity contribution in [3.05, 3.63) is 40.9 Å². The van der Waals surface area contributed by atoms with E-state index in [4.69, 9.17) is 10.5 Å². The number of carbonyl (C=O) groups excluding carboxylic acids is 1. The van der Waals surface area contributed by atoms with Gasteiger partial charge in [-0.3, -0.25) is 0 Å². The van der Waals surface area contributed by atoms with Crippen molar-refractivity contribution in [1.82, 2.24) is 4.98 Å². The second kappa shape index (κ2) is 5.75. The van der Waals surface area contributed by atoms with Crippen LogP contribution in [-0.4, -0.2) is 17.6 Å². The van der Waals surface area contributed by atoms with Crippen molar-refractivity contribution < 1.29 is 9.53 Å². The molecule has 0 aliphatic rings. The van der Waals surface area contributed by atoms with Crippen molar-refractivity contribution in [1.29, 1.82) is 0 Å². The topological polar surface area (TPSA) is 65.2 Å². The molecule has 0 fully saturated rings. The Hall–Kier alpha value is -1.72. The molecule has 0 saturated heterocycles. The lowest BCUT2D eigenvalue weighted by atomic mass is 10.1. The molecular weight excluding hydrogens is 248 g/mol. The minimum Gasteiger partial charge on any atom is -0.461 e. The maximum atomic E-state index is 11.5. The highest BCUT2D eigenvalue weighted by Gasteiger charge is 2.12. The van der Waals surface area contributed by atoms with E-state index < -0.39 is 0 Å². The highest BCUT2D eigenvalue weighted by molar-refractivity contribution is 7.13. The Bertz CT molecular complexity index is 551. The first-order chi connectivity index (χ1) is 8.74. The number of esters is 1. The molecule has 4 nitrogen and oxygen atoms in total. The van der Waals surface area contributed by atoms with Crippen molar-refractivity contribution in [3.8, 4) is 10.6 Å². The summed E-state index contributed by atoms with van der Waals surface area (Å²) in [5.41, 5.74) is 7.97. The smallest absolute Gasteiger partial charge is 0.357 e. The average Bonchev–Trinajstić information content (AvgIpc) is 2.89. The molecule has 0 amide bonds. The summed E-state index contributed by atoms with van der Waals surface area (Å²) in [6.45, 7) is 2.62. The van der Waals surface area contributed by atoms with E-state index in [1.807, 2.05) is 24.3 Å². The van der Waals surface area contributed by atoms with Crippen LogP contribution in [0.25, 0.3) is 10.6 Å². The quantitative estimate of drug-likeness (QED) is 0.859. The van der Waals surface area contributed by atoms with Crippen molar-refractivity contribution in [3.63, 3.8) is 0 Å². The summed E-state index contributed by atoms with van der Waals surface area (Å²) in [5, 5.41) is 2.51. The lowest BCUT2D eigenvalue weighted by Gasteiger charge is -2.00. The van der Waals surface area contributed by atoms with Gasteiger partial charge in [0.15, 0.2) is 5.69 Å². The number of ether oxygens (including phenoxy) is 1. The Morgan fingerprint density at radius 3 is 3.06 bits per heavy atom. The van der Waals surface area contributed by atoms with Gasteiger partial charge in [-0.2, -0.15) is 0 Å². The fraction of sp³-hybridized carbons (Fsp3) is 0.231. The minimum atomic E-state index is -0.380. The van der Waals surface area contributed by atoms with Gasteiger partial charge in [0, 0.05) is 17.5 Å². The molecule has 2 aromatic rings. The van der Waals surface area contributed by atoms with Crippen LogP contribution in [-0.2, 0) is 11.3 Å². The van der Waals surface area contributed by atoms with E-state index in [0.717, 1.165) is 16.1 Å². The van der Waals surface area contributed by atoms with Gasteiger partial charge in [0.2, 0.25) is 0 Å². The standard InChI is InChI=1S/C13H14N2O2S/c1-2-17-13(16)11-8-18-12(15-11)10-5-3-4-9(6-10)7-14/h3-6,8H,2,7,14H2,1H3. The van der Waals surface area contributed by atoms with Crippen LogP contribution in [0.2, 0.25) is 0 Å². The number of nitrogens with two attached hydrogens (primary N) is 1. The first-order valence-corrected chi connectivity index (χ1v) is 6.54. The third kappa shape index (κ3) is 2.75. The van der Waals surface area contributed by atoms with Crippen molar-refractivity contribution in [2.75, 3.05) is 6.61 Å². The molecule has 0 aliphatic heterocycles. The molecule has 18 heavy (non-hydrogen) atoms. The molecule has 5 heteroatoms. The number of hydrogen-bond acceptors (Lipinski definition) is 5. The molecule has 0 bridgehead atoms. The van der Waals surface area contributed by atoms with Gasteiger partial charge in [0.25, 0.3) is 0 Å². The molecule has 2 rings (SSSR count). The summed E-state index contributed by atoms with van der Waals surface area (Å²) >= 11 is 1.42. The van der Waals surface area contributed by atoms with Crippen LogP contribution in [0.5, 0.6) is 0 Å². The van der Waals surface area contributed by atoms with E-state index in [1.54, 1.807) is 12.3 Å². The van der Waals surface area contributed by atoms with Gasteiger partial charge in [-0.05, 0) is 18.6 Å². The van der Waals surface area contributed by atoms with E-state index in [1.165, 1.54) is 11.3 Å². The van der Waals surface area contributed by atoms with E-state index in [-0.39, 0.29) is 5.97 Å².